The van der Waals surface area contributed by atoms with Crippen LogP contribution >= 0.6 is 33.9 Å². The minimum Gasteiger partial charge on any atom is -0.296 e. The molecule has 0 aliphatic carbocycles. The molecule has 0 aliphatic heterocycles. The molecule has 0 bridgehead atoms. The highest BCUT2D eigenvalue weighted by Gasteiger charge is 2.19. The number of hydrogen-bond donors (Lipinski definition) is 1. The Morgan fingerprint density at radius 2 is 1.72 bits per heavy atom. The molecule has 128 valence electrons. The molecule has 0 saturated carbocycles. The number of halogens is 1. The number of nitrogens with zero attached hydrogens (tertiary/aromatic N) is 2. The van der Waals surface area contributed by atoms with E-state index in [2.05, 4.69) is 38.1 Å². The van der Waals surface area contributed by atoms with Crippen molar-refractivity contribution in [3.8, 4) is 0 Å². The molecule has 6 nitrogen and oxygen atoms in total. The molecular weight excluding hydrogens is 473 g/mol. The summed E-state index contributed by atoms with van der Waals surface area (Å²) < 4.78 is 25.5. The number of carbonyl (C=O) groups is 1. The number of anilines is 1. The van der Waals surface area contributed by atoms with Crippen LogP contribution in [0.15, 0.2) is 59.5 Å². The monoisotopic (exact) mass is 485 g/mol. The summed E-state index contributed by atoms with van der Waals surface area (Å²) in [6.45, 7) is 0. The van der Waals surface area contributed by atoms with E-state index in [1.807, 2.05) is 12.1 Å². The van der Waals surface area contributed by atoms with Crippen molar-refractivity contribution in [2.45, 2.75) is 10.6 Å². The Labute approximate surface area is 162 Å². The van der Waals surface area contributed by atoms with Crippen LogP contribution in [0.3, 0.4) is 0 Å². The third-order valence-electron chi connectivity index (χ3n) is 3.22. The lowest BCUT2D eigenvalue weighted by atomic mass is 10.2. The van der Waals surface area contributed by atoms with Crippen molar-refractivity contribution in [1.82, 2.24) is 10.2 Å². The van der Waals surface area contributed by atoms with Crippen LogP contribution < -0.4 is 5.32 Å². The van der Waals surface area contributed by atoms with Crippen LogP contribution in [-0.4, -0.2) is 24.5 Å². The first-order chi connectivity index (χ1) is 12.0. The van der Waals surface area contributed by atoms with Gasteiger partial charge in [0.15, 0.2) is 9.84 Å². The molecule has 1 heterocycles. The third kappa shape index (κ3) is 4.41. The molecule has 0 unspecified atom stereocenters. The molecule has 0 aliphatic rings. The van der Waals surface area contributed by atoms with Crippen LogP contribution in [-0.2, 0) is 15.6 Å². The smallest absolute Gasteiger partial charge is 0.258 e. The highest BCUT2D eigenvalue weighted by atomic mass is 127. The second kappa shape index (κ2) is 7.58. The van der Waals surface area contributed by atoms with Gasteiger partial charge in [0.1, 0.15) is 10.8 Å². The van der Waals surface area contributed by atoms with Crippen molar-refractivity contribution < 1.29 is 13.2 Å². The lowest BCUT2D eigenvalue weighted by Gasteiger charge is -2.03. The number of benzene rings is 2. The molecule has 25 heavy (non-hydrogen) atoms. The maximum absolute atomic E-state index is 12.3. The molecule has 0 fully saturated rings. The van der Waals surface area contributed by atoms with E-state index in [1.54, 1.807) is 30.3 Å². The minimum atomic E-state index is -3.49. The number of nitrogens with one attached hydrogen (secondary N) is 1. The number of amides is 1. The zero-order chi connectivity index (χ0) is 17.9. The van der Waals surface area contributed by atoms with Crippen LogP contribution in [0.2, 0.25) is 0 Å². The summed E-state index contributed by atoms with van der Waals surface area (Å²) in [6.07, 6.45) is 0. The number of sulfone groups is 1. The highest BCUT2D eigenvalue weighted by Crippen LogP contribution is 2.22. The Kier molecular flexibility index (Phi) is 5.45. The summed E-state index contributed by atoms with van der Waals surface area (Å²) in [6, 6.07) is 15.3. The lowest BCUT2D eigenvalue weighted by molar-refractivity contribution is 0.102. The van der Waals surface area contributed by atoms with Crippen molar-refractivity contribution in [3.05, 3.63) is 68.7 Å². The maximum atomic E-state index is 12.3. The van der Waals surface area contributed by atoms with Crippen molar-refractivity contribution >= 4 is 54.8 Å². The van der Waals surface area contributed by atoms with Crippen LogP contribution in [0.25, 0.3) is 0 Å². The summed E-state index contributed by atoms with van der Waals surface area (Å²) in [4.78, 5) is 12.5. The average Bonchev–Trinajstić information content (AvgIpc) is 3.02. The molecule has 0 radical (unpaired) electrons. The molecule has 3 aromatic rings. The van der Waals surface area contributed by atoms with Gasteiger partial charge in [0.25, 0.3) is 5.91 Å². The molecule has 3 rings (SSSR count). The van der Waals surface area contributed by atoms with Crippen molar-refractivity contribution in [2.24, 2.45) is 0 Å². The van der Waals surface area contributed by atoms with Gasteiger partial charge in [0, 0.05) is 3.57 Å². The molecule has 2 aromatic carbocycles. The predicted octanol–water partition coefficient (Wildman–Crippen LogP) is 3.37. The fourth-order valence-electron chi connectivity index (χ4n) is 2.05. The van der Waals surface area contributed by atoms with E-state index in [-0.39, 0.29) is 21.7 Å². The predicted molar refractivity (Wildman–Crippen MR) is 104 cm³/mol. The van der Waals surface area contributed by atoms with E-state index in [1.165, 1.54) is 12.1 Å². The second-order valence-corrected chi connectivity index (χ2v) is 9.22. The minimum absolute atomic E-state index is 0.231. The van der Waals surface area contributed by atoms with Gasteiger partial charge in [-0.1, -0.05) is 41.7 Å². The molecule has 1 N–H and O–H groups in total. The molecule has 9 heteroatoms. The maximum Gasteiger partial charge on any atom is 0.258 e. The number of rotatable bonds is 5. The molecule has 1 amide bonds. The van der Waals surface area contributed by atoms with E-state index < -0.39 is 9.84 Å². The standard InChI is InChI=1S/C16H12IN3O3S2/c17-13-9-5-4-8-12(13)15(21)18-16-20-19-14(24-16)10-25(22,23)11-6-2-1-3-7-11/h1-9H,10H2,(H,18,20,21). The van der Waals surface area contributed by atoms with E-state index in [4.69, 9.17) is 0 Å². The summed E-state index contributed by atoms with van der Waals surface area (Å²) in [7, 11) is -3.49. The van der Waals surface area contributed by atoms with Crippen molar-refractivity contribution in [3.63, 3.8) is 0 Å². The van der Waals surface area contributed by atoms with E-state index in [9.17, 15) is 13.2 Å². The van der Waals surface area contributed by atoms with Crippen LogP contribution in [0.5, 0.6) is 0 Å². The van der Waals surface area contributed by atoms with Crippen LogP contribution in [0.4, 0.5) is 5.13 Å². The summed E-state index contributed by atoms with van der Waals surface area (Å²) >= 11 is 3.12. The van der Waals surface area contributed by atoms with Gasteiger partial charge >= 0.3 is 0 Å². The molecule has 1 aromatic heterocycles. The van der Waals surface area contributed by atoms with E-state index >= 15 is 0 Å². The van der Waals surface area contributed by atoms with Crippen LogP contribution in [0.1, 0.15) is 15.4 Å². The third-order valence-corrected chi connectivity index (χ3v) is 6.83. The lowest BCUT2D eigenvalue weighted by Crippen LogP contribution is -2.13. The Morgan fingerprint density at radius 3 is 2.44 bits per heavy atom. The summed E-state index contributed by atoms with van der Waals surface area (Å²) in [5.41, 5.74) is 0.525. The van der Waals surface area contributed by atoms with E-state index in [0.717, 1.165) is 14.9 Å². The van der Waals surface area contributed by atoms with Gasteiger partial charge in [-0.3, -0.25) is 10.1 Å². The fraction of sp³-hybridized carbons (Fsp3) is 0.0625. The Morgan fingerprint density at radius 1 is 1.04 bits per heavy atom. The summed E-state index contributed by atoms with van der Waals surface area (Å²) in [5.74, 6) is -0.563. The van der Waals surface area contributed by atoms with Gasteiger partial charge in [0.2, 0.25) is 5.13 Å². The topological polar surface area (TPSA) is 89.0 Å². The van der Waals surface area contributed by atoms with Crippen LogP contribution in [0, 0.1) is 3.57 Å². The van der Waals surface area contributed by atoms with Gasteiger partial charge in [-0.15, -0.1) is 10.2 Å². The van der Waals surface area contributed by atoms with E-state index in [0.29, 0.717) is 10.6 Å². The zero-order valence-corrected chi connectivity index (χ0v) is 16.5. The average molecular weight is 485 g/mol. The Bertz CT molecular complexity index is 1000. The number of aromatic nitrogens is 2. The first-order valence-corrected chi connectivity index (χ1v) is 10.7. The highest BCUT2D eigenvalue weighted by molar-refractivity contribution is 14.1. The number of carbonyl (C=O) groups excluding carboxylic acids is 1. The number of hydrogen-bond acceptors (Lipinski definition) is 6. The zero-order valence-electron chi connectivity index (χ0n) is 12.7. The molecule has 0 atom stereocenters. The van der Waals surface area contributed by atoms with Gasteiger partial charge in [-0.05, 0) is 46.9 Å². The van der Waals surface area contributed by atoms with Gasteiger partial charge in [0.05, 0.1) is 10.5 Å². The quantitative estimate of drug-likeness (QED) is 0.560. The molecular formula is C16H12IN3O3S2. The normalized spacial score (nSPS) is 11.2. The van der Waals surface area contributed by atoms with Crippen molar-refractivity contribution in [2.75, 3.05) is 5.32 Å². The first kappa shape index (κ1) is 18.0. The fourth-order valence-corrected chi connectivity index (χ4v) is 5.03. The van der Waals surface area contributed by atoms with Gasteiger partial charge in [-0.2, -0.15) is 0 Å². The van der Waals surface area contributed by atoms with Gasteiger partial charge in [-0.25, -0.2) is 8.42 Å². The Hall–Kier alpha value is -1.85. The van der Waals surface area contributed by atoms with Crippen molar-refractivity contribution in [1.29, 1.82) is 0 Å². The second-order valence-electron chi connectivity index (χ2n) is 5.01. The molecule has 0 spiro atoms. The van der Waals surface area contributed by atoms with Gasteiger partial charge < -0.3 is 0 Å². The largest absolute Gasteiger partial charge is 0.296 e. The molecule has 0 saturated heterocycles. The Balaban J connectivity index is 1.73. The SMILES string of the molecule is O=C(Nc1nnc(CS(=O)(=O)c2ccccc2)s1)c1ccccc1I. The first-order valence-electron chi connectivity index (χ1n) is 7.12. The summed E-state index contributed by atoms with van der Waals surface area (Å²) in [5, 5.41) is 11.0.